The fourth-order valence-corrected chi connectivity index (χ4v) is 4.34. The maximum absolute atomic E-state index is 12.9. The van der Waals surface area contributed by atoms with Gasteiger partial charge in [0.1, 0.15) is 16.9 Å². The Morgan fingerprint density at radius 3 is 2.41 bits per heavy atom. The second-order valence-corrected chi connectivity index (χ2v) is 9.34. The maximum Gasteiger partial charge on any atom is 0.416 e. The van der Waals surface area contributed by atoms with Gasteiger partial charge in [-0.05, 0) is 57.0 Å². The van der Waals surface area contributed by atoms with Crippen LogP contribution < -0.4 is 4.74 Å². The number of aryl methyl sites for hydroxylation is 1. The first-order valence-electron chi connectivity index (χ1n) is 10.7. The number of rotatable bonds is 9. The van der Waals surface area contributed by atoms with E-state index < -0.39 is 23.3 Å². The fraction of sp³-hybridized carbons (Fsp3) is 0.360. The van der Waals surface area contributed by atoms with Crippen LogP contribution >= 0.6 is 11.3 Å². The monoisotopic (exact) mass is 493 g/mol. The maximum atomic E-state index is 12.9. The molecule has 3 aromatic rings. The van der Waals surface area contributed by atoms with E-state index in [0.717, 1.165) is 28.3 Å². The number of aromatic nitrogens is 1. The minimum Gasteiger partial charge on any atom is -0.485 e. The summed E-state index contributed by atoms with van der Waals surface area (Å²) in [5.74, 6) is -0.444. The van der Waals surface area contributed by atoms with Crippen molar-refractivity contribution in [2.75, 3.05) is 0 Å². The van der Waals surface area contributed by atoms with E-state index in [1.165, 1.54) is 37.3 Å². The van der Waals surface area contributed by atoms with E-state index >= 15 is 0 Å². The van der Waals surface area contributed by atoms with Gasteiger partial charge in [0.2, 0.25) is 0 Å². The molecule has 1 atom stereocenters. The number of carboxylic acids is 1. The van der Waals surface area contributed by atoms with Gasteiger partial charge in [-0.2, -0.15) is 13.2 Å². The number of thiazole rings is 1. The Morgan fingerprint density at radius 2 is 1.82 bits per heavy atom. The Kier molecular flexibility index (Phi) is 7.67. The number of hydrogen-bond acceptors (Lipinski definition) is 5. The average molecular weight is 494 g/mol. The summed E-state index contributed by atoms with van der Waals surface area (Å²) in [6, 6.07) is 12.2. The molecular weight excluding hydrogens is 467 g/mol. The van der Waals surface area contributed by atoms with Crippen molar-refractivity contribution in [3.8, 4) is 16.3 Å². The summed E-state index contributed by atoms with van der Waals surface area (Å²) in [7, 11) is 0. The molecule has 0 amide bonds. The summed E-state index contributed by atoms with van der Waals surface area (Å²) in [5.41, 5.74) is 0.136. The van der Waals surface area contributed by atoms with Gasteiger partial charge < -0.3 is 14.6 Å². The van der Waals surface area contributed by atoms with Crippen molar-refractivity contribution in [1.29, 1.82) is 0 Å². The van der Waals surface area contributed by atoms with Crippen LogP contribution in [0.25, 0.3) is 10.6 Å². The van der Waals surface area contributed by atoms with Crippen LogP contribution in [0.2, 0.25) is 0 Å². The lowest BCUT2D eigenvalue weighted by molar-refractivity contribution is -0.162. The van der Waals surface area contributed by atoms with Crippen LogP contribution in [0.15, 0.2) is 48.5 Å². The lowest BCUT2D eigenvalue weighted by Gasteiger charge is -2.21. The van der Waals surface area contributed by atoms with Crippen LogP contribution in [0, 0.1) is 6.92 Å². The van der Waals surface area contributed by atoms with Gasteiger partial charge in [-0.15, -0.1) is 11.3 Å². The predicted molar refractivity (Wildman–Crippen MR) is 124 cm³/mol. The van der Waals surface area contributed by atoms with E-state index in [9.17, 15) is 23.1 Å². The molecule has 0 aliphatic heterocycles. The van der Waals surface area contributed by atoms with Crippen molar-refractivity contribution in [3.63, 3.8) is 0 Å². The van der Waals surface area contributed by atoms with E-state index in [1.54, 1.807) is 6.07 Å². The highest BCUT2D eigenvalue weighted by Gasteiger charge is 2.30. The summed E-state index contributed by atoms with van der Waals surface area (Å²) < 4.78 is 50.3. The van der Waals surface area contributed by atoms with Crippen molar-refractivity contribution in [2.24, 2.45) is 0 Å². The molecule has 34 heavy (non-hydrogen) atoms. The van der Waals surface area contributed by atoms with Crippen molar-refractivity contribution in [2.45, 2.75) is 58.6 Å². The number of carbonyl (C=O) groups is 1. The summed E-state index contributed by atoms with van der Waals surface area (Å²) in [6.45, 7) is 6.92. The fourth-order valence-electron chi connectivity index (χ4n) is 3.15. The van der Waals surface area contributed by atoms with E-state index in [2.05, 4.69) is 4.98 Å². The minimum atomic E-state index is -4.38. The molecule has 1 N–H and O–H groups in total. The normalized spacial score (nSPS) is 13.0. The lowest BCUT2D eigenvalue weighted by atomic mass is 10.1. The second kappa shape index (κ2) is 10.1. The number of alkyl halides is 3. The highest BCUT2D eigenvalue weighted by molar-refractivity contribution is 7.15. The van der Waals surface area contributed by atoms with Gasteiger partial charge in [0.05, 0.1) is 22.7 Å². The highest BCUT2D eigenvalue weighted by atomic mass is 32.1. The number of hydrogen-bond donors (Lipinski definition) is 1. The third kappa shape index (κ3) is 6.15. The summed E-state index contributed by atoms with van der Waals surface area (Å²) in [6.07, 6.45) is -4.03. The molecule has 182 valence electrons. The van der Waals surface area contributed by atoms with Gasteiger partial charge in [-0.25, -0.2) is 9.78 Å². The zero-order chi connectivity index (χ0) is 25.1. The number of nitrogens with zero attached hydrogens (tertiary/aromatic N) is 1. The van der Waals surface area contributed by atoms with Crippen molar-refractivity contribution in [1.82, 2.24) is 4.98 Å². The molecular formula is C25H26F3NO4S. The smallest absolute Gasteiger partial charge is 0.416 e. The van der Waals surface area contributed by atoms with Crippen LogP contribution in [0.4, 0.5) is 13.2 Å². The van der Waals surface area contributed by atoms with Crippen LogP contribution in [0.1, 0.15) is 55.0 Å². The Morgan fingerprint density at radius 1 is 1.15 bits per heavy atom. The van der Waals surface area contributed by atoms with Crippen LogP contribution in [0.3, 0.4) is 0 Å². The van der Waals surface area contributed by atoms with E-state index in [1.807, 2.05) is 32.0 Å². The zero-order valence-corrected chi connectivity index (χ0v) is 20.1. The number of halogens is 3. The third-order valence-corrected chi connectivity index (χ3v) is 6.54. The molecule has 0 radical (unpaired) electrons. The first-order chi connectivity index (χ1) is 15.9. The molecule has 0 aliphatic carbocycles. The Labute approximate surface area is 200 Å². The second-order valence-electron chi connectivity index (χ2n) is 8.31. The molecule has 2 aromatic carbocycles. The molecule has 1 heterocycles. The summed E-state index contributed by atoms with van der Waals surface area (Å²) >= 11 is 1.39. The largest absolute Gasteiger partial charge is 0.485 e. The third-order valence-electron chi connectivity index (χ3n) is 5.25. The number of aliphatic carboxylic acids is 1. The first-order valence-corrected chi connectivity index (χ1v) is 11.5. The molecule has 5 nitrogen and oxygen atoms in total. The quantitative estimate of drug-likeness (QED) is 0.346. The van der Waals surface area contributed by atoms with Gasteiger partial charge in [0.15, 0.2) is 5.60 Å². The molecule has 0 bridgehead atoms. The number of ether oxygens (including phenoxy) is 2. The first kappa shape index (κ1) is 25.7. The number of carboxylic acid groups (broad SMARTS) is 1. The van der Waals surface area contributed by atoms with E-state index in [0.29, 0.717) is 22.7 Å². The van der Waals surface area contributed by atoms with E-state index in [-0.39, 0.29) is 12.7 Å². The van der Waals surface area contributed by atoms with Crippen LogP contribution in [0.5, 0.6) is 5.75 Å². The highest BCUT2D eigenvalue weighted by Crippen LogP contribution is 2.37. The van der Waals surface area contributed by atoms with Gasteiger partial charge >= 0.3 is 12.1 Å². The Bertz CT molecular complexity index is 1140. The topological polar surface area (TPSA) is 68.7 Å². The molecule has 0 aliphatic rings. The van der Waals surface area contributed by atoms with Crippen molar-refractivity contribution < 1.29 is 32.5 Å². The Hall–Kier alpha value is -2.91. The molecule has 9 heteroatoms. The van der Waals surface area contributed by atoms with E-state index in [4.69, 9.17) is 9.47 Å². The average Bonchev–Trinajstić information content (AvgIpc) is 3.17. The van der Waals surface area contributed by atoms with Gasteiger partial charge in [0, 0.05) is 5.56 Å². The number of benzene rings is 2. The molecule has 0 saturated carbocycles. The van der Waals surface area contributed by atoms with Crippen molar-refractivity contribution in [3.05, 3.63) is 70.2 Å². The zero-order valence-electron chi connectivity index (χ0n) is 19.3. The SMILES string of the molecule is CCC(Oc1cccc(COC(C)(C)C(=O)O)c1)c1sc(-c2ccc(C(F)(F)F)cc2)nc1C. The van der Waals surface area contributed by atoms with Crippen LogP contribution in [-0.2, 0) is 22.3 Å². The van der Waals surface area contributed by atoms with Gasteiger partial charge in [-0.1, -0.05) is 31.2 Å². The summed E-state index contributed by atoms with van der Waals surface area (Å²) in [4.78, 5) is 16.7. The lowest BCUT2D eigenvalue weighted by Crippen LogP contribution is -2.34. The predicted octanol–water partition coefficient (Wildman–Crippen LogP) is 7.05. The molecule has 0 fully saturated rings. The van der Waals surface area contributed by atoms with Gasteiger partial charge in [-0.3, -0.25) is 0 Å². The Balaban J connectivity index is 1.76. The molecule has 3 rings (SSSR count). The minimum absolute atomic E-state index is 0.116. The standard InChI is InChI=1S/C25H26F3NO4S/c1-5-20(33-19-8-6-7-16(13-19)14-32-24(3,4)23(30)31)21-15(2)29-22(34-21)17-9-11-18(12-10-17)25(26,27)28/h6-13,20H,5,14H2,1-4H3,(H,30,31). The van der Waals surface area contributed by atoms with Crippen molar-refractivity contribution >= 4 is 17.3 Å². The molecule has 0 saturated heterocycles. The molecule has 0 spiro atoms. The van der Waals surface area contributed by atoms with Gasteiger partial charge in [0.25, 0.3) is 0 Å². The molecule has 1 aromatic heterocycles. The summed E-state index contributed by atoms with van der Waals surface area (Å²) in [5, 5.41) is 9.83. The van der Waals surface area contributed by atoms with Crippen LogP contribution in [-0.4, -0.2) is 21.7 Å². The molecule has 1 unspecified atom stereocenters.